The van der Waals surface area contributed by atoms with Crippen LogP contribution in [0.4, 0.5) is 0 Å². The predicted molar refractivity (Wildman–Crippen MR) is 80.1 cm³/mol. The number of ether oxygens (including phenoxy) is 1. The fourth-order valence-electron chi connectivity index (χ4n) is 4.96. The Hall–Kier alpha value is -0.790. The summed E-state index contributed by atoms with van der Waals surface area (Å²) >= 11 is 0. The molecular formula is C18H28O2. The number of fused-ring (bicyclic) bond motifs is 2. The number of carbonyl (C=O) groups excluding carboxylic acids is 1. The van der Waals surface area contributed by atoms with E-state index in [1.165, 1.54) is 6.42 Å². The number of allylic oxidation sites excluding steroid dienone is 2. The van der Waals surface area contributed by atoms with Gasteiger partial charge in [0, 0.05) is 0 Å². The number of carbonyl (C=O) groups is 1. The lowest BCUT2D eigenvalue weighted by Crippen LogP contribution is -2.40. The highest BCUT2D eigenvalue weighted by molar-refractivity contribution is 5.78. The van der Waals surface area contributed by atoms with Gasteiger partial charge in [-0.25, -0.2) is 0 Å². The summed E-state index contributed by atoms with van der Waals surface area (Å²) in [6.07, 6.45) is 10.1. The summed E-state index contributed by atoms with van der Waals surface area (Å²) in [5, 5.41) is 0. The van der Waals surface area contributed by atoms with Gasteiger partial charge >= 0.3 is 5.97 Å². The molecule has 0 amide bonds. The van der Waals surface area contributed by atoms with Crippen LogP contribution < -0.4 is 0 Å². The van der Waals surface area contributed by atoms with E-state index in [4.69, 9.17) is 4.74 Å². The van der Waals surface area contributed by atoms with Crippen molar-refractivity contribution in [3.63, 3.8) is 0 Å². The van der Waals surface area contributed by atoms with E-state index >= 15 is 0 Å². The fraction of sp³-hybridized carbons (Fsp3) is 0.833. The van der Waals surface area contributed by atoms with Crippen molar-refractivity contribution < 1.29 is 9.53 Å². The third-order valence-electron chi connectivity index (χ3n) is 5.76. The fourth-order valence-corrected chi connectivity index (χ4v) is 4.96. The molecule has 0 aromatic carbocycles. The second-order valence-corrected chi connectivity index (χ2v) is 8.55. The minimum Gasteiger partial charge on any atom is -0.462 e. The zero-order chi connectivity index (χ0) is 14.5. The average molecular weight is 276 g/mol. The Balaban J connectivity index is 1.66. The van der Waals surface area contributed by atoms with Gasteiger partial charge in [-0.15, -0.1) is 0 Å². The first kappa shape index (κ1) is 14.2. The van der Waals surface area contributed by atoms with E-state index in [-0.39, 0.29) is 17.5 Å². The third kappa shape index (κ3) is 2.42. The maximum atomic E-state index is 12.7. The van der Waals surface area contributed by atoms with Crippen LogP contribution in [0.1, 0.15) is 59.8 Å². The predicted octanol–water partition coefficient (Wildman–Crippen LogP) is 4.35. The van der Waals surface area contributed by atoms with Crippen molar-refractivity contribution in [2.24, 2.45) is 28.6 Å². The summed E-state index contributed by atoms with van der Waals surface area (Å²) in [4.78, 5) is 12.7. The Kier molecular flexibility index (Phi) is 3.26. The smallest absolute Gasteiger partial charge is 0.312 e. The van der Waals surface area contributed by atoms with Crippen LogP contribution in [0.25, 0.3) is 0 Å². The van der Waals surface area contributed by atoms with Crippen LogP contribution in [0.5, 0.6) is 0 Å². The monoisotopic (exact) mass is 276 g/mol. The molecule has 2 saturated carbocycles. The Morgan fingerprint density at radius 3 is 2.40 bits per heavy atom. The van der Waals surface area contributed by atoms with E-state index in [0.717, 1.165) is 25.7 Å². The zero-order valence-corrected chi connectivity index (χ0v) is 13.3. The normalized spacial score (nSPS) is 45.6. The molecule has 3 rings (SSSR count). The third-order valence-corrected chi connectivity index (χ3v) is 5.76. The quantitative estimate of drug-likeness (QED) is 0.554. The maximum absolute atomic E-state index is 12.7. The summed E-state index contributed by atoms with van der Waals surface area (Å²) in [7, 11) is 0. The van der Waals surface area contributed by atoms with E-state index in [9.17, 15) is 4.79 Å². The second-order valence-electron chi connectivity index (χ2n) is 8.55. The Bertz CT molecular complexity index is 437. The van der Waals surface area contributed by atoms with Crippen molar-refractivity contribution in [1.82, 2.24) is 0 Å². The zero-order valence-electron chi connectivity index (χ0n) is 13.3. The summed E-state index contributed by atoms with van der Waals surface area (Å²) in [5.41, 5.74) is 0.0440. The lowest BCUT2D eigenvalue weighted by atomic mass is 9.71. The summed E-state index contributed by atoms with van der Waals surface area (Å²) in [6, 6.07) is 0. The van der Waals surface area contributed by atoms with Gasteiger partial charge in [0.2, 0.25) is 0 Å². The Morgan fingerprint density at radius 2 is 1.85 bits per heavy atom. The minimum absolute atomic E-state index is 0.0595. The summed E-state index contributed by atoms with van der Waals surface area (Å²) in [6.45, 7) is 8.99. The lowest BCUT2D eigenvalue weighted by Gasteiger charge is -2.40. The summed E-state index contributed by atoms with van der Waals surface area (Å²) in [5.74, 6) is 1.74. The van der Waals surface area contributed by atoms with E-state index in [0.29, 0.717) is 23.2 Å². The molecule has 3 aliphatic rings. The molecule has 2 fully saturated rings. The van der Waals surface area contributed by atoms with Crippen molar-refractivity contribution in [2.75, 3.05) is 0 Å². The van der Waals surface area contributed by atoms with Crippen molar-refractivity contribution in [3.05, 3.63) is 12.2 Å². The van der Waals surface area contributed by atoms with Crippen LogP contribution in [-0.2, 0) is 9.53 Å². The van der Waals surface area contributed by atoms with Crippen molar-refractivity contribution in [3.8, 4) is 0 Å². The van der Waals surface area contributed by atoms with E-state index in [2.05, 4.69) is 39.8 Å². The van der Waals surface area contributed by atoms with E-state index in [1.807, 2.05) is 0 Å². The van der Waals surface area contributed by atoms with Gasteiger partial charge < -0.3 is 4.74 Å². The minimum atomic E-state index is -0.260. The molecule has 112 valence electrons. The topological polar surface area (TPSA) is 26.3 Å². The maximum Gasteiger partial charge on any atom is 0.312 e. The van der Waals surface area contributed by atoms with Gasteiger partial charge in [0.05, 0.1) is 5.41 Å². The van der Waals surface area contributed by atoms with Gasteiger partial charge in [0.25, 0.3) is 0 Å². The van der Waals surface area contributed by atoms with Crippen molar-refractivity contribution in [1.29, 1.82) is 0 Å². The Labute approximate surface area is 123 Å². The largest absolute Gasteiger partial charge is 0.462 e. The van der Waals surface area contributed by atoms with Crippen LogP contribution >= 0.6 is 0 Å². The van der Waals surface area contributed by atoms with Crippen molar-refractivity contribution >= 4 is 5.97 Å². The second kappa shape index (κ2) is 4.61. The first-order valence-corrected chi connectivity index (χ1v) is 8.18. The molecule has 2 nitrogen and oxygen atoms in total. The molecule has 0 aromatic heterocycles. The average Bonchev–Trinajstić information content (AvgIpc) is 2.86. The molecule has 0 radical (unpaired) electrons. The molecule has 0 N–H and O–H groups in total. The van der Waals surface area contributed by atoms with Crippen molar-refractivity contribution in [2.45, 2.75) is 65.9 Å². The van der Waals surface area contributed by atoms with Gasteiger partial charge in [-0.3, -0.25) is 4.79 Å². The highest BCUT2D eigenvalue weighted by atomic mass is 16.5. The van der Waals surface area contributed by atoms with Crippen LogP contribution in [0.3, 0.4) is 0 Å². The van der Waals surface area contributed by atoms with Gasteiger partial charge in [0.1, 0.15) is 6.10 Å². The molecule has 0 heterocycles. The molecular weight excluding hydrogens is 248 g/mol. The molecule has 0 aromatic rings. The molecule has 2 bridgehead atoms. The molecule has 3 aliphatic carbocycles. The first-order valence-electron chi connectivity index (χ1n) is 8.18. The van der Waals surface area contributed by atoms with Crippen LogP contribution in [0.15, 0.2) is 12.2 Å². The molecule has 0 aliphatic heterocycles. The first-order chi connectivity index (χ1) is 9.28. The van der Waals surface area contributed by atoms with Gasteiger partial charge in [0.15, 0.2) is 0 Å². The van der Waals surface area contributed by atoms with Gasteiger partial charge in [-0.2, -0.15) is 0 Å². The molecule has 5 atom stereocenters. The standard InChI is InChI=1S/C18H28O2/c1-12-7-15(11-17(2,3)9-12)20-16(19)18(4)10-13-5-6-14(18)8-13/h5-6,12-15H,7-11H2,1-4H3. The van der Waals surface area contributed by atoms with Crippen LogP contribution in [-0.4, -0.2) is 12.1 Å². The number of esters is 1. The highest BCUT2D eigenvalue weighted by Crippen LogP contribution is 2.53. The van der Waals surface area contributed by atoms with E-state index < -0.39 is 0 Å². The van der Waals surface area contributed by atoms with Crippen LogP contribution in [0.2, 0.25) is 0 Å². The summed E-state index contributed by atoms with van der Waals surface area (Å²) < 4.78 is 5.96. The molecule has 2 heteroatoms. The number of hydrogen-bond donors (Lipinski definition) is 0. The SMILES string of the molecule is CC1CC(OC(=O)C2(C)CC3C=CC2C3)CC(C)(C)C1. The molecule has 5 unspecified atom stereocenters. The molecule has 0 saturated heterocycles. The number of rotatable bonds is 2. The Morgan fingerprint density at radius 1 is 1.10 bits per heavy atom. The molecule has 20 heavy (non-hydrogen) atoms. The number of hydrogen-bond acceptors (Lipinski definition) is 2. The van der Waals surface area contributed by atoms with Gasteiger partial charge in [-0.1, -0.05) is 32.9 Å². The molecule has 0 spiro atoms. The van der Waals surface area contributed by atoms with Crippen LogP contribution in [0, 0.1) is 28.6 Å². The van der Waals surface area contributed by atoms with E-state index in [1.54, 1.807) is 0 Å². The lowest BCUT2D eigenvalue weighted by molar-refractivity contribution is -0.166. The highest BCUT2D eigenvalue weighted by Gasteiger charge is 2.51. The van der Waals surface area contributed by atoms with Gasteiger partial charge in [-0.05, 0) is 62.2 Å².